The highest BCUT2D eigenvalue weighted by atomic mass is 19.2. The number of aliphatic carboxylic acids is 1. The van der Waals surface area contributed by atoms with Crippen LogP contribution in [0.3, 0.4) is 0 Å². The molecular formula is C11H12F2O4. The molecular weight excluding hydrogens is 234 g/mol. The van der Waals surface area contributed by atoms with E-state index in [1.165, 1.54) is 0 Å². The minimum Gasteiger partial charge on any atom is -0.481 e. The zero-order chi connectivity index (χ0) is 13.0. The molecule has 1 aromatic rings. The SMILES string of the molecule is O=C(O)CCc1cc(F)c(F)c([C@H](O)CO)c1. The highest BCUT2D eigenvalue weighted by Crippen LogP contribution is 2.22. The van der Waals surface area contributed by atoms with E-state index in [-0.39, 0.29) is 24.0 Å². The molecule has 0 amide bonds. The molecule has 4 nitrogen and oxygen atoms in total. The van der Waals surface area contributed by atoms with Crippen LogP contribution in [0.15, 0.2) is 12.1 Å². The Kier molecular flexibility index (Phi) is 4.53. The number of carbonyl (C=O) groups is 1. The zero-order valence-corrected chi connectivity index (χ0v) is 8.86. The number of hydrogen-bond donors (Lipinski definition) is 3. The molecule has 17 heavy (non-hydrogen) atoms. The van der Waals surface area contributed by atoms with Crippen LogP contribution in [0.4, 0.5) is 8.78 Å². The summed E-state index contributed by atoms with van der Waals surface area (Å²) in [5, 5.41) is 26.4. The van der Waals surface area contributed by atoms with Crippen molar-refractivity contribution in [2.75, 3.05) is 6.61 Å². The fourth-order valence-corrected chi connectivity index (χ4v) is 1.41. The van der Waals surface area contributed by atoms with Crippen molar-refractivity contribution in [3.05, 3.63) is 34.9 Å². The minimum absolute atomic E-state index is 0.0255. The van der Waals surface area contributed by atoms with Gasteiger partial charge in [0.25, 0.3) is 0 Å². The van der Waals surface area contributed by atoms with E-state index >= 15 is 0 Å². The summed E-state index contributed by atoms with van der Waals surface area (Å²) >= 11 is 0. The summed E-state index contributed by atoms with van der Waals surface area (Å²) in [6.45, 7) is -0.737. The van der Waals surface area contributed by atoms with Gasteiger partial charge in [-0.2, -0.15) is 0 Å². The summed E-state index contributed by atoms with van der Waals surface area (Å²) in [7, 11) is 0. The van der Waals surface area contributed by atoms with Crippen molar-refractivity contribution in [3.8, 4) is 0 Å². The number of carboxylic acids is 1. The maximum absolute atomic E-state index is 13.3. The molecule has 0 aromatic heterocycles. The number of aliphatic hydroxyl groups is 2. The predicted molar refractivity (Wildman–Crippen MR) is 54.4 cm³/mol. The quantitative estimate of drug-likeness (QED) is 0.724. The molecule has 1 atom stereocenters. The van der Waals surface area contributed by atoms with Gasteiger partial charge in [-0.3, -0.25) is 4.79 Å². The molecule has 0 aliphatic heterocycles. The zero-order valence-electron chi connectivity index (χ0n) is 8.86. The second kappa shape index (κ2) is 5.70. The molecule has 0 aliphatic rings. The van der Waals surface area contributed by atoms with Crippen LogP contribution in [-0.2, 0) is 11.2 Å². The summed E-state index contributed by atoms with van der Waals surface area (Å²) in [5.41, 5.74) is -0.110. The topological polar surface area (TPSA) is 77.8 Å². The van der Waals surface area contributed by atoms with Gasteiger partial charge < -0.3 is 15.3 Å². The lowest BCUT2D eigenvalue weighted by Gasteiger charge is -2.11. The van der Waals surface area contributed by atoms with E-state index in [0.29, 0.717) is 0 Å². The lowest BCUT2D eigenvalue weighted by molar-refractivity contribution is -0.136. The van der Waals surface area contributed by atoms with Gasteiger partial charge in [-0.25, -0.2) is 8.78 Å². The molecule has 94 valence electrons. The van der Waals surface area contributed by atoms with Crippen molar-refractivity contribution < 1.29 is 28.9 Å². The summed E-state index contributed by atoms with van der Waals surface area (Å²) < 4.78 is 26.4. The number of halogens is 2. The van der Waals surface area contributed by atoms with Crippen molar-refractivity contribution >= 4 is 5.97 Å². The van der Waals surface area contributed by atoms with E-state index in [0.717, 1.165) is 12.1 Å². The number of aryl methyl sites for hydroxylation is 1. The first-order chi connectivity index (χ1) is 7.95. The standard InChI is InChI=1S/C11H12F2O4/c12-8-4-6(1-2-10(16)17)3-7(11(8)13)9(15)5-14/h3-4,9,14-15H,1-2,5H2,(H,16,17)/t9-/m1/s1. The van der Waals surface area contributed by atoms with Gasteiger partial charge in [-0.1, -0.05) is 0 Å². The van der Waals surface area contributed by atoms with E-state index in [1.807, 2.05) is 0 Å². The molecule has 0 aliphatic carbocycles. The van der Waals surface area contributed by atoms with E-state index in [9.17, 15) is 18.7 Å². The van der Waals surface area contributed by atoms with Gasteiger partial charge in [-0.15, -0.1) is 0 Å². The Bertz CT molecular complexity index is 420. The third kappa shape index (κ3) is 3.47. The smallest absolute Gasteiger partial charge is 0.303 e. The molecule has 1 rings (SSSR count). The Balaban J connectivity index is 3.01. The van der Waals surface area contributed by atoms with Gasteiger partial charge in [0.05, 0.1) is 6.61 Å². The predicted octanol–water partition coefficient (Wildman–Crippen LogP) is 1.01. The van der Waals surface area contributed by atoms with Crippen molar-refractivity contribution in [1.82, 2.24) is 0 Å². The maximum Gasteiger partial charge on any atom is 0.303 e. The van der Waals surface area contributed by atoms with Crippen molar-refractivity contribution in [3.63, 3.8) is 0 Å². The minimum atomic E-state index is -1.52. The number of aliphatic hydroxyl groups excluding tert-OH is 2. The molecule has 0 fully saturated rings. The second-order valence-electron chi connectivity index (χ2n) is 3.57. The monoisotopic (exact) mass is 246 g/mol. The average Bonchev–Trinajstić information content (AvgIpc) is 2.29. The number of carboxylic acid groups (broad SMARTS) is 1. The second-order valence-corrected chi connectivity index (χ2v) is 3.57. The molecule has 0 unspecified atom stereocenters. The van der Waals surface area contributed by atoms with Gasteiger partial charge >= 0.3 is 5.97 Å². The van der Waals surface area contributed by atoms with Crippen LogP contribution < -0.4 is 0 Å². The van der Waals surface area contributed by atoms with Crippen LogP contribution in [0.2, 0.25) is 0 Å². The Morgan fingerprint density at radius 3 is 2.53 bits per heavy atom. The molecule has 0 heterocycles. The average molecular weight is 246 g/mol. The highest BCUT2D eigenvalue weighted by Gasteiger charge is 2.17. The number of hydrogen-bond acceptors (Lipinski definition) is 3. The Hall–Kier alpha value is -1.53. The Labute approximate surface area is 96.1 Å². The summed E-state index contributed by atoms with van der Waals surface area (Å²) in [6, 6.07) is 2.04. The fraction of sp³-hybridized carbons (Fsp3) is 0.364. The Morgan fingerprint density at radius 1 is 1.35 bits per heavy atom. The molecule has 1 aromatic carbocycles. The summed E-state index contributed by atoms with van der Waals surface area (Å²) in [4.78, 5) is 10.3. The largest absolute Gasteiger partial charge is 0.481 e. The number of rotatable bonds is 5. The third-order valence-electron chi connectivity index (χ3n) is 2.28. The first-order valence-electron chi connectivity index (χ1n) is 4.94. The fourth-order valence-electron chi connectivity index (χ4n) is 1.41. The third-order valence-corrected chi connectivity index (χ3v) is 2.28. The molecule has 0 radical (unpaired) electrons. The normalized spacial score (nSPS) is 12.5. The summed E-state index contributed by atoms with van der Waals surface area (Å²) in [6.07, 6.45) is -1.72. The molecule has 6 heteroatoms. The van der Waals surface area contributed by atoms with Crippen molar-refractivity contribution in [2.24, 2.45) is 0 Å². The van der Waals surface area contributed by atoms with Crippen molar-refractivity contribution in [1.29, 1.82) is 0 Å². The highest BCUT2D eigenvalue weighted by molar-refractivity contribution is 5.67. The van der Waals surface area contributed by atoms with Gasteiger partial charge in [0.1, 0.15) is 6.10 Å². The van der Waals surface area contributed by atoms with E-state index < -0.39 is 30.3 Å². The van der Waals surface area contributed by atoms with Gasteiger partial charge in [0, 0.05) is 12.0 Å². The molecule has 0 saturated heterocycles. The summed E-state index contributed by atoms with van der Waals surface area (Å²) in [5.74, 6) is -3.46. The van der Waals surface area contributed by atoms with Crippen LogP contribution in [0, 0.1) is 11.6 Å². The number of benzene rings is 1. The first-order valence-corrected chi connectivity index (χ1v) is 4.94. The van der Waals surface area contributed by atoms with Crippen LogP contribution in [0.5, 0.6) is 0 Å². The van der Waals surface area contributed by atoms with E-state index in [4.69, 9.17) is 10.2 Å². The van der Waals surface area contributed by atoms with Crippen LogP contribution in [0.25, 0.3) is 0 Å². The van der Waals surface area contributed by atoms with Gasteiger partial charge in [-0.05, 0) is 24.1 Å². The lowest BCUT2D eigenvalue weighted by atomic mass is 10.0. The first kappa shape index (κ1) is 13.5. The van der Waals surface area contributed by atoms with E-state index in [1.54, 1.807) is 0 Å². The Morgan fingerprint density at radius 2 is 2.00 bits per heavy atom. The van der Waals surface area contributed by atoms with Gasteiger partial charge in [0.15, 0.2) is 11.6 Å². The maximum atomic E-state index is 13.3. The van der Waals surface area contributed by atoms with E-state index in [2.05, 4.69) is 0 Å². The molecule has 0 bridgehead atoms. The molecule has 0 spiro atoms. The van der Waals surface area contributed by atoms with Crippen molar-refractivity contribution in [2.45, 2.75) is 18.9 Å². The van der Waals surface area contributed by atoms with Crippen LogP contribution in [0.1, 0.15) is 23.7 Å². The van der Waals surface area contributed by atoms with Gasteiger partial charge in [0.2, 0.25) is 0 Å². The lowest BCUT2D eigenvalue weighted by Crippen LogP contribution is -2.08. The molecule has 0 saturated carbocycles. The van der Waals surface area contributed by atoms with Crippen LogP contribution >= 0.6 is 0 Å². The molecule has 3 N–H and O–H groups in total. The van der Waals surface area contributed by atoms with Crippen LogP contribution in [-0.4, -0.2) is 27.9 Å².